The van der Waals surface area contributed by atoms with Gasteiger partial charge in [-0.25, -0.2) is 4.98 Å². The molecule has 0 amide bonds. The van der Waals surface area contributed by atoms with Crippen LogP contribution in [-0.4, -0.2) is 22.1 Å². The Morgan fingerprint density at radius 1 is 1.09 bits per heavy atom. The van der Waals surface area contributed by atoms with Crippen molar-refractivity contribution in [2.75, 3.05) is 0 Å². The lowest BCUT2D eigenvalue weighted by molar-refractivity contribution is -0.139. The lowest BCUT2D eigenvalue weighted by Gasteiger charge is -2.14. The van der Waals surface area contributed by atoms with E-state index in [9.17, 15) is 18.0 Å². The highest BCUT2D eigenvalue weighted by molar-refractivity contribution is 7.21. The summed E-state index contributed by atoms with van der Waals surface area (Å²) in [5, 5.41) is 12.7. The van der Waals surface area contributed by atoms with Crippen LogP contribution in [-0.2, 0) is 17.5 Å². The summed E-state index contributed by atoms with van der Waals surface area (Å²) >= 11 is 1.32. The van der Waals surface area contributed by atoms with Crippen LogP contribution >= 0.6 is 11.3 Å². The monoisotopic (exact) mass is 456 g/mol. The minimum atomic E-state index is -4.49. The highest BCUT2D eigenvalue weighted by Gasteiger charge is 2.34. The largest absolute Gasteiger partial charge is 0.480 e. The average Bonchev–Trinajstić information content (AvgIpc) is 3.20. The zero-order chi connectivity index (χ0) is 22.9. The summed E-state index contributed by atoms with van der Waals surface area (Å²) in [4.78, 5) is 16.7. The molecule has 0 saturated heterocycles. The summed E-state index contributed by atoms with van der Waals surface area (Å²) < 4.78 is 41.5. The number of thiophene rings is 1. The number of carboxylic acids is 1. The topological polar surface area (TPSA) is 62.2 Å². The number of carboxylic acid groups (broad SMARTS) is 1. The lowest BCUT2D eigenvalue weighted by atomic mass is 9.96. The van der Waals surface area contributed by atoms with Crippen molar-refractivity contribution in [1.29, 1.82) is 0 Å². The molecule has 2 heterocycles. The van der Waals surface area contributed by atoms with Crippen molar-refractivity contribution in [2.45, 2.75) is 25.7 Å². The van der Waals surface area contributed by atoms with Crippen LogP contribution in [0.5, 0.6) is 0 Å². The molecule has 164 valence electrons. The maximum absolute atomic E-state index is 13.8. The molecule has 2 N–H and O–H groups in total. The number of aliphatic carboxylic acids is 1. The molecule has 2 aromatic carbocycles. The van der Waals surface area contributed by atoms with Gasteiger partial charge in [-0.05, 0) is 47.4 Å². The first-order chi connectivity index (χ1) is 15.2. The number of nitrogens with zero attached hydrogens (tertiary/aromatic N) is 1. The van der Waals surface area contributed by atoms with E-state index in [0.29, 0.717) is 27.4 Å². The van der Waals surface area contributed by atoms with E-state index in [1.807, 2.05) is 12.1 Å². The SMILES string of the molecule is CC(NCc1cnc2sc(-c3ccc(-c4ccccc4)c(C(F)(F)F)c3)cc2c1)C(=O)O. The van der Waals surface area contributed by atoms with Crippen molar-refractivity contribution in [2.24, 2.45) is 0 Å². The number of hydrogen-bond acceptors (Lipinski definition) is 4. The maximum atomic E-state index is 13.8. The highest BCUT2D eigenvalue weighted by Crippen LogP contribution is 2.41. The summed E-state index contributed by atoms with van der Waals surface area (Å²) in [6, 6.07) is 15.9. The second-order valence-corrected chi connectivity index (χ2v) is 8.44. The zero-order valence-electron chi connectivity index (χ0n) is 17.0. The van der Waals surface area contributed by atoms with E-state index in [4.69, 9.17) is 5.11 Å². The second kappa shape index (κ2) is 8.72. The number of nitrogens with one attached hydrogen (secondary N) is 1. The first kappa shape index (κ1) is 22.0. The van der Waals surface area contributed by atoms with Gasteiger partial charge in [0, 0.05) is 23.0 Å². The molecule has 8 heteroatoms. The molecule has 0 aliphatic rings. The van der Waals surface area contributed by atoms with Crippen LogP contribution in [0, 0.1) is 0 Å². The van der Waals surface area contributed by atoms with Crippen molar-refractivity contribution >= 4 is 27.5 Å². The number of rotatable bonds is 6. The van der Waals surface area contributed by atoms with Gasteiger partial charge < -0.3 is 10.4 Å². The predicted molar refractivity (Wildman–Crippen MR) is 119 cm³/mol. The van der Waals surface area contributed by atoms with E-state index in [1.54, 1.807) is 49.5 Å². The van der Waals surface area contributed by atoms with E-state index in [-0.39, 0.29) is 5.56 Å². The Labute approximate surface area is 186 Å². The molecule has 0 saturated carbocycles. The van der Waals surface area contributed by atoms with Crippen LogP contribution in [0.25, 0.3) is 31.8 Å². The molecule has 32 heavy (non-hydrogen) atoms. The fourth-order valence-electron chi connectivity index (χ4n) is 3.38. The third-order valence-electron chi connectivity index (χ3n) is 5.11. The highest BCUT2D eigenvalue weighted by atomic mass is 32.1. The number of hydrogen-bond donors (Lipinski definition) is 2. The molecule has 0 fully saturated rings. The van der Waals surface area contributed by atoms with E-state index in [0.717, 1.165) is 10.9 Å². The molecule has 2 aromatic heterocycles. The molecule has 1 atom stereocenters. The summed E-state index contributed by atoms with van der Waals surface area (Å²) in [6.45, 7) is 1.87. The van der Waals surface area contributed by atoms with Crippen molar-refractivity contribution < 1.29 is 23.1 Å². The smallest absolute Gasteiger partial charge is 0.417 e. The average molecular weight is 456 g/mol. The summed E-state index contributed by atoms with van der Waals surface area (Å²) in [5.74, 6) is -0.948. The van der Waals surface area contributed by atoms with Gasteiger partial charge in [-0.3, -0.25) is 4.79 Å². The number of aromatic nitrogens is 1. The van der Waals surface area contributed by atoms with E-state index >= 15 is 0 Å². The van der Waals surface area contributed by atoms with Crippen LogP contribution in [0.4, 0.5) is 13.2 Å². The van der Waals surface area contributed by atoms with Gasteiger partial charge in [0.05, 0.1) is 5.56 Å². The number of halogens is 3. The van der Waals surface area contributed by atoms with Gasteiger partial charge in [0.2, 0.25) is 0 Å². The van der Waals surface area contributed by atoms with E-state index in [2.05, 4.69) is 10.3 Å². The third-order valence-corrected chi connectivity index (χ3v) is 6.21. The molecule has 0 aliphatic carbocycles. The minimum Gasteiger partial charge on any atom is -0.480 e. The molecule has 0 radical (unpaired) electrons. The Kier molecular flexibility index (Phi) is 5.99. The Morgan fingerprint density at radius 3 is 2.53 bits per heavy atom. The molecule has 0 bridgehead atoms. The van der Waals surface area contributed by atoms with Crippen LogP contribution in [0.2, 0.25) is 0 Å². The third kappa shape index (κ3) is 4.66. The predicted octanol–water partition coefficient (Wildman–Crippen LogP) is 6.21. The quantitative estimate of drug-likeness (QED) is 0.362. The number of pyridine rings is 1. The first-order valence-electron chi connectivity index (χ1n) is 9.84. The van der Waals surface area contributed by atoms with Gasteiger partial charge in [-0.1, -0.05) is 42.5 Å². The van der Waals surface area contributed by atoms with E-state index in [1.165, 1.54) is 23.5 Å². The summed E-state index contributed by atoms with van der Waals surface area (Å²) in [7, 11) is 0. The standard InChI is InChI=1S/C24H19F3N2O2S/c1-14(23(30)31)28-12-15-9-18-11-21(32-22(18)29-13-15)17-7-8-19(16-5-3-2-4-6-16)20(10-17)24(25,26)27/h2-11,13-14,28H,12H2,1H3,(H,30,31). The van der Waals surface area contributed by atoms with Gasteiger partial charge in [0.15, 0.2) is 0 Å². The molecule has 4 nitrogen and oxygen atoms in total. The molecule has 4 aromatic rings. The number of benzene rings is 2. The van der Waals surface area contributed by atoms with Crippen molar-refractivity contribution in [3.63, 3.8) is 0 Å². The fraction of sp³-hybridized carbons (Fsp3) is 0.167. The normalized spacial score (nSPS) is 12.8. The van der Waals surface area contributed by atoms with E-state index < -0.39 is 23.8 Å². The van der Waals surface area contributed by atoms with Crippen LogP contribution in [0.15, 0.2) is 66.9 Å². The van der Waals surface area contributed by atoms with Crippen molar-refractivity contribution in [3.8, 4) is 21.6 Å². The van der Waals surface area contributed by atoms with Crippen LogP contribution in [0.3, 0.4) is 0 Å². The van der Waals surface area contributed by atoms with Gasteiger partial charge in [0.25, 0.3) is 0 Å². The molecular formula is C24H19F3N2O2S. The molecule has 0 spiro atoms. The number of carbonyl (C=O) groups is 1. The van der Waals surface area contributed by atoms with Crippen molar-refractivity contribution in [1.82, 2.24) is 10.3 Å². The first-order valence-corrected chi connectivity index (χ1v) is 10.7. The maximum Gasteiger partial charge on any atom is 0.417 e. The van der Waals surface area contributed by atoms with Gasteiger partial charge >= 0.3 is 12.1 Å². The molecule has 4 rings (SSSR count). The minimum absolute atomic E-state index is 0.141. The second-order valence-electron chi connectivity index (χ2n) is 7.41. The van der Waals surface area contributed by atoms with Gasteiger partial charge in [-0.15, -0.1) is 11.3 Å². The molecule has 0 aliphatic heterocycles. The molecular weight excluding hydrogens is 437 g/mol. The molecule has 1 unspecified atom stereocenters. The Balaban J connectivity index is 1.68. The van der Waals surface area contributed by atoms with Crippen molar-refractivity contribution in [3.05, 3.63) is 78.0 Å². The van der Waals surface area contributed by atoms with Crippen LogP contribution < -0.4 is 5.32 Å². The number of fused-ring (bicyclic) bond motifs is 1. The Bertz CT molecular complexity index is 1270. The lowest BCUT2D eigenvalue weighted by Crippen LogP contribution is -2.33. The summed E-state index contributed by atoms with van der Waals surface area (Å²) in [6.07, 6.45) is -2.85. The number of alkyl halides is 3. The zero-order valence-corrected chi connectivity index (χ0v) is 17.8. The Morgan fingerprint density at radius 2 is 1.84 bits per heavy atom. The fourth-order valence-corrected chi connectivity index (χ4v) is 4.36. The summed E-state index contributed by atoms with van der Waals surface area (Å²) in [5.41, 5.74) is 1.24. The van der Waals surface area contributed by atoms with Gasteiger partial charge in [-0.2, -0.15) is 13.2 Å². The Hall–Kier alpha value is -3.23. The van der Waals surface area contributed by atoms with Crippen LogP contribution in [0.1, 0.15) is 18.1 Å². The van der Waals surface area contributed by atoms with Gasteiger partial charge in [0.1, 0.15) is 10.9 Å².